The Morgan fingerprint density at radius 3 is 2.62 bits per heavy atom. The SMILES string of the molecule is CCn1cnc(CNC(C)(C)C)n1. The Hall–Kier alpha value is -0.900. The molecule has 0 bridgehead atoms. The van der Waals surface area contributed by atoms with Crippen LogP contribution in [0, 0.1) is 0 Å². The summed E-state index contributed by atoms with van der Waals surface area (Å²) in [5, 5.41) is 7.61. The van der Waals surface area contributed by atoms with E-state index in [9.17, 15) is 0 Å². The summed E-state index contributed by atoms with van der Waals surface area (Å²) < 4.78 is 1.83. The molecule has 0 radical (unpaired) electrons. The lowest BCUT2D eigenvalue weighted by Gasteiger charge is -2.18. The molecular formula is C9H18N4. The monoisotopic (exact) mass is 182 g/mol. The van der Waals surface area contributed by atoms with E-state index in [4.69, 9.17) is 0 Å². The minimum absolute atomic E-state index is 0.123. The molecule has 1 rings (SSSR count). The zero-order valence-electron chi connectivity index (χ0n) is 8.83. The van der Waals surface area contributed by atoms with Crippen LogP contribution in [-0.4, -0.2) is 20.3 Å². The molecule has 4 heteroatoms. The maximum atomic E-state index is 4.27. The summed E-state index contributed by atoms with van der Waals surface area (Å²) in [5.74, 6) is 0.858. The normalized spacial score (nSPS) is 12.0. The average molecular weight is 182 g/mol. The first-order valence-corrected chi connectivity index (χ1v) is 4.64. The molecule has 0 aliphatic heterocycles. The zero-order valence-corrected chi connectivity index (χ0v) is 8.83. The molecule has 0 spiro atoms. The number of nitrogens with zero attached hydrogens (tertiary/aromatic N) is 3. The standard InChI is InChI=1S/C9H18N4/c1-5-13-7-10-8(12-13)6-11-9(2,3)4/h7,11H,5-6H2,1-4H3. The van der Waals surface area contributed by atoms with Gasteiger partial charge in [0.15, 0.2) is 5.82 Å². The molecule has 0 aromatic carbocycles. The van der Waals surface area contributed by atoms with Gasteiger partial charge in [-0.05, 0) is 27.7 Å². The molecule has 4 nitrogen and oxygen atoms in total. The van der Waals surface area contributed by atoms with Gasteiger partial charge in [-0.1, -0.05) is 0 Å². The number of hydrogen-bond donors (Lipinski definition) is 1. The van der Waals surface area contributed by atoms with Gasteiger partial charge < -0.3 is 5.32 Å². The van der Waals surface area contributed by atoms with Crippen LogP contribution in [0.1, 0.15) is 33.5 Å². The summed E-state index contributed by atoms with van der Waals surface area (Å²) in [6, 6.07) is 0. The van der Waals surface area contributed by atoms with E-state index in [0.717, 1.165) is 18.9 Å². The summed E-state index contributed by atoms with van der Waals surface area (Å²) in [7, 11) is 0. The van der Waals surface area contributed by atoms with Gasteiger partial charge in [0.1, 0.15) is 6.33 Å². The highest BCUT2D eigenvalue weighted by atomic mass is 15.3. The smallest absolute Gasteiger partial charge is 0.164 e. The summed E-state index contributed by atoms with van der Waals surface area (Å²) in [4.78, 5) is 4.18. The Labute approximate surface area is 79.4 Å². The molecule has 0 saturated carbocycles. The van der Waals surface area contributed by atoms with Crippen LogP contribution in [0.3, 0.4) is 0 Å². The Balaban J connectivity index is 2.46. The van der Waals surface area contributed by atoms with Crippen LogP contribution in [0.2, 0.25) is 0 Å². The van der Waals surface area contributed by atoms with Crippen LogP contribution in [0.4, 0.5) is 0 Å². The van der Waals surface area contributed by atoms with Gasteiger partial charge in [0, 0.05) is 12.1 Å². The quantitative estimate of drug-likeness (QED) is 0.763. The van der Waals surface area contributed by atoms with E-state index in [-0.39, 0.29) is 5.54 Å². The van der Waals surface area contributed by atoms with Crippen LogP contribution in [-0.2, 0) is 13.1 Å². The summed E-state index contributed by atoms with van der Waals surface area (Å²) >= 11 is 0. The lowest BCUT2D eigenvalue weighted by Crippen LogP contribution is -2.35. The van der Waals surface area contributed by atoms with Gasteiger partial charge in [0.25, 0.3) is 0 Å². The van der Waals surface area contributed by atoms with Crippen molar-refractivity contribution in [2.75, 3.05) is 0 Å². The van der Waals surface area contributed by atoms with Gasteiger partial charge in [-0.3, -0.25) is 4.68 Å². The lowest BCUT2D eigenvalue weighted by molar-refractivity contribution is 0.416. The third kappa shape index (κ3) is 3.55. The molecular weight excluding hydrogens is 164 g/mol. The number of nitrogens with one attached hydrogen (secondary N) is 1. The molecule has 0 unspecified atom stereocenters. The van der Waals surface area contributed by atoms with E-state index < -0.39 is 0 Å². The summed E-state index contributed by atoms with van der Waals surface area (Å²) in [5.41, 5.74) is 0.123. The van der Waals surface area contributed by atoms with Gasteiger partial charge in [0.2, 0.25) is 0 Å². The molecule has 1 aromatic rings. The zero-order chi connectivity index (χ0) is 9.90. The second-order valence-electron chi connectivity index (χ2n) is 4.12. The number of rotatable bonds is 3. The van der Waals surface area contributed by atoms with Crippen LogP contribution in [0.5, 0.6) is 0 Å². The van der Waals surface area contributed by atoms with Crippen molar-refractivity contribution in [2.45, 2.75) is 46.3 Å². The third-order valence-corrected chi connectivity index (χ3v) is 1.68. The molecule has 1 heterocycles. The first-order chi connectivity index (χ1) is 6.01. The number of aryl methyl sites for hydroxylation is 1. The largest absolute Gasteiger partial charge is 0.305 e. The molecule has 0 aliphatic rings. The van der Waals surface area contributed by atoms with E-state index in [1.54, 1.807) is 6.33 Å². The summed E-state index contributed by atoms with van der Waals surface area (Å²) in [6.45, 7) is 10.0. The Kier molecular flexibility index (Phi) is 3.03. The maximum Gasteiger partial charge on any atom is 0.164 e. The minimum Gasteiger partial charge on any atom is -0.305 e. The van der Waals surface area contributed by atoms with Crippen LogP contribution >= 0.6 is 0 Å². The molecule has 0 aliphatic carbocycles. The molecule has 74 valence electrons. The van der Waals surface area contributed by atoms with Gasteiger partial charge in [0.05, 0.1) is 6.54 Å². The number of hydrogen-bond acceptors (Lipinski definition) is 3. The van der Waals surface area contributed by atoms with E-state index in [1.807, 2.05) is 4.68 Å². The molecule has 0 fully saturated rings. The van der Waals surface area contributed by atoms with Crippen LogP contribution in [0.15, 0.2) is 6.33 Å². The van der Waals surface area contributed by atoms with Gasteiger partial charge >= 0.3 is 0 Å². The fraction of sp³-hybridized carbons (Fsp3) is 0.778. The highest BCUT2D eigenvalue weighted by Gasteiger charge is 2.09. The van der Waals surface area contributed by atoms with E-state index >= 15 is 0 Å². The topological polar surface area (TPSA) is 42.7 Å². The molecule has 1 aromatic heterocycles. The number of aromatic nitrogens is 3. The molecule has 13 heavy (non-hydrogen) atoms. The minimum atomic E-state index is 0.123. The second kappa shape index (κ2) is 3.87. The molecule has 1 N–H and O–H groups in total. The van der Waals surface area contributed by atoms with Gasteiger partial charge in [-0.25, -0.2) is 4.98 Å². The van der Waals surface area contributed by atoms with Crippen molar-refractivity contribution in [3.63, 3.8) is 0 Å². The Morgan fingerprint density at radius 1 is 1.46 bits per heavy atom. The van der Waals surface area contributed by atoms with Crippen molar-refractivity contribution in [1.82, 2.24) is 20.1 Å². The van der Waals surface area contributed by atoms with E-state index in [2.05, 4.69) is 43.1 Å². The Bertz CT molecular complexity index is 259. The van der Waals surface area contributed by atoms with Gasteiger partial charge in [-0.2, -0.15) is 5.10 Å². The third-order valence-electron chi connectivity index (χ3n) is 1.68. The first kappa shape index (κ1) is 10.2. The van der Waals surface area contributed by atoms with E-state index in [1.165, 1.54) is 0 Å². The highest BCUT2D eigenvalue weighted by molar-refractivity contribution is 4.83. The van der Waals surface area contributed by atoms with Crippen molar-refractivity contribution in [1.29, 1.82) is 0 Å². The van der Waals surface area contributed by atoms with Crippen molar-refractivity contribution < 1.29 is 0 Å². The molecule has 0 atom stereocenters. The van der Waals surface area contributed by atoms with Crippen molar-refractivity contribution in [2.24, 2.45) is 0 Å². The van der Waals surface area contributed by atoms with Crippen LogP contribution < -0.4 is 5.32 Å². The van der Waals surface area contributed by atoms with Crippen molar-refractivity contribution >= 4 is 0 Å². The second-order valence-corrected chi connectivity index (χ2v) is 4.12. The Morgan fingerprint density at radius 2 is 2.15 bits per heavy atom. The van der Waals surface area contributed by atoms with Crippen LogP contribution in [0.25, 0.3) is 0 Å². The molecule has 0 amide bonds. The van der Waals surface area contributed by atoms with Crippen molar-refractivity contribution in [3.8, 4) is 0 Å². The molecule has 0 saturated heterocycles. The lowest BCUT2D eigenvalue weighted by atomic mass is 10.1. The maximum absolute atomic E-state index is 4.27. The van der Waals surface area contributed by atoms with E-state index in [0.29, 0.717) is 0 Å². The van der Waals surface area contributed by atoms with Gasteiger partial charge in [-0.15, -0.1) is 0 Å². The predicted molar refractivity (Wildman–Crippen MR) is 52.3 cm³/mol. The summed E-state index contributed by atoms with van der Waals surface area (Å²) in [6.07, 6.45) is 1.76. The fourth-order valence-corrected chi connectivity index (χ4v) is 0.911. The predicted octanol–water partition coefficient (Wildman–Crippen LogP) is 1.19. The first-order valence-electron chi connectivity index (χ1n) is 4.64. The average Bonchev–Trinajstić information content (AvgIpc) is 2.47. The van der Waals surface area contributed by atoms with Crippen molar-refractivity contribution in [3.05, 3.63) is 12.2 Å². The highest BCUT2D eigenvalue weighted by Crippen LogP contribution is 2.00. The fourth-order valence-electron chi connectivity index (χ4n) is 0.911.